The SMILES string of the molecule is CCCc1cc(C(=O)OCC(=O)Nc2ccc(OC)cc2OC)sc1C. The molecule has 2 rings (SSSR count). The van der Waals surface area contributed by atoms with E-state index in [2.05, 4.69) is 12.2 Å². The number of aryl methyl sites for hydroxylation is 2. The molecule has 0 saturated heterocycles. The summed E-state index contributed by atoms with van der Waals surface area (Å²) in [6.45, 7) is 3.70. The molecule has 0 aliphatic rings. The van der Waals surface area contributed by atoms with Crippen molar-refractivity contribution in [1.29, 1.82) is 0 Å². The van der Waals surface area contributed by atoms with Crippen LogP contribution in [-0.2, 0) is 16.0 Å². The van der Waals surface area contributed by atoms with Gasteiger partial charge in [0, 0.05) is 10.9 Å². The maximum absolute atomic E-state index is 12.1. The van der Waals surface area contributed by atoms with Gasteiger partial charge in [-0.15, -0.1) is 11.3 Å². The minimum atomic E-state index is -0.489. The molecule has 0 atom stereocenters. The molecule has 0 saturated carbocycles. The predicted molar refractivity (Wildman–Crippen MR) is 102 cm³/mol. The lowest BCUT2D eigenvalue weighted by atomic mass is 10.1. The summed E-state index contributed by atoms with van der Waals surface area (Å²) in [7, 11) is 3.04. The molecular formula is C19H23NO5S. The van der Waals surface area contributed by atoms with E-state index in [1.54, 1.807) is 25.3 Å². The summed E-state index contributed by atoms with van der Waals surface area (Å²) in [4.78, 5) is 25.8. The molecule has 6 nitrogen and oxygen atoms in total. The van der Waals surface area contributed by atoms with Crippen molar-refractivity contribution >= 4 is 28.9 Å². The molecule has 0 radical (unpaired) electrons. The first-order chi connectivity index (χ1) is 12.5. The lowest BCUT2D eigenvalue weighted by molar-refractivity contribution is -0.119. The van der Waals surface area contributed by atoms with Gasteiger partial charge in [-0.1, -0.05) is 13.3 Å². The molecule has 140 valence electrons. The monoisotopic (exact) mass is 377 g/mol. The molecule has 1 aromatic carbocycles. The van der Waals surface area contributed by atoms with Crippen molar-refractivity contribution in [2.24, 2.45) is 0 Å². The summed E-state index contributed by atoms with van der Waals surface area (Å²) in [5.41, 5.74) is 1.63. The average molecular weight is 377 g/mol. The summed E-state index contributed by atoms with van der Waals surface area (Å²) in [5.74, 6) is 0.144. The van der Waals surface area contributed by atoms with Crippen LogP contribution in [0.5, 0.6) is 11.5 Å². The van der Waals surface area contributed by atoms with E-state index in [9.17, 15) is 9.59 Å². The van der Waals surface area contributed by atoms with Gasteiger partial charge in [-0.25, -0.2) is 4.79 Å². The van der Waals surface area contributed by atoms with Crippen molar-refractivity contribution in [3.8, 4) is 11.5 Å². The maximum Gasteiger partial charge on any atom is 0.348 e. The van der Waals surface area contributed by atoms with E-state index in [4.69, 9.17) is 14.2 Å². The van der Waals surface area contributed by atoms with Crippen molar-refractivity contribution in [2.45, 2.75) is 26.7 Å². The molecule has 2 aromatic rings. The number of benzene rings is 1. The maximum atomic E-state index is 12.1. The Morgan fingerprint density at radius 2 is 1.92 bits per heavy atom. The third-order valence-electron chi connectivity index (χ3n) is 3.76. The Bertz CT molecular complexity index is 784. The molecule has 0 spiro atoms. The Labute approximate surface area is 157 Å². The van der Waals surface area contributed by atoms with Crippen LogP contribution < -0.4 is 14.8 Å². The van der Waals surface area contributed by atoms with Gasteiger partial charge in [-0.3, -0.25) is 4.79 Å². The lowest BCUT2D eigenvalue weighted by Crippen LogP contribution is -2.21. The summed E-state index contributed by atoms with van der Waals surface area (Å²) in [5, 5.41) is 2.66. The van der Waals surface area contributed by atoms with Crippen LogP contribution in [0.1, 0.15) is 33.5 Å². The van der Waals surface area contributed by atoms with E-state index in [0.717, 1.165) is 23.3 Å². The van der Waals surface area contributed by atoms with Gasteiger partial charge >= 0.3 is 5.97 Å². The van der Waals surface area contributed by atoms with E-state index >= 15 is 0 Å². The molecule has 7 heteroatoms. The van der Waals surface area contributed by atoms with Crippen LogP contribution in [0, 0.1) is 6.92 Å². The second-order valence-corrected chi connectivity index (χ2v) is 6.89. The van der Waals surface area contributed by atoms with Crippen LogP contribution in [-0.4, -0.2) is 32.7 Å². The second kappa shape index (κ2) is 9.24. The Hall–Kier alpha value is -2.54. The van der Waals surface area contributed by atoms with Gasteiger partial charge in [0.1, 0.15) is 16.4 Å². The van der Waals surface area contributed by atoms with E-state index in [1.807, 2.05) is 13.0 Å². The van der Waals surface area contributed by atoms with Crippen LogP contribution in [0.3, 0.4) is 0 Å². The van der Waals surface area contributed by atoms with Gasteiger partial charge in [-0.2, -0.15) is 0 Å². The minimum absolute atomic E-state index is 0.367. The van der Waals surface area contributed by atoms with Gasteiger partial charge in [0.25, 0.3) is 5.91 Å². The summed E-state index contributed by atoms with van der Waals surface area (Å²) < 4.78 is 15.5. The number of amides is 1. The van der Waals surface area contributed by atoms with Crippen molar-refractivity contribution in [2.75, 3.05) is 26.1 Å². The molecule has 0 bridgehead atoms. The van der Waals surface area contributed by atoms with E-state index < -0.39 is 11.9 Å². The number of thiophene rings is 1. The predicted octanol–water partition coefficient (Wildman–Crippen LogP) is 3.82. The number of rotatable bonds is 8. The lowest BCUT2D eigenvalue weighted by Gasteiger charge is -2.11. The number of hydrogen-bond donors (Lipinski definition) is 1. The molecule has 1 aromatic heterocycles. The number of carbonyl (C=O) groups is 2. The normalized spacial score (nSPS) is 10.3. The topological polar surface area (TPSA) is 73.9 Å². The average Bonchev–Trinajstić information content (AvgIpc) is 3.01. The number of carbonyl (C=O) groups excluding carboxylic acids is 2. The van der Waals surface area contributed by atoms with Crippen LogP contribution in [0.25, 0.3) is 0 Å². The Morgan fingerprint density at radius 3 is 2.58 bits per heavy atom. The molecule has 26 heavy (non-hydrogen) atoms. The molecule has 0 unspecified atom stereocenters. The van der Waals surface area contributed by atoms with Crippen LogP contribution >= 0.6 is 11.3 Å². The van der Waals surface area contributed by atoms with E-state index in [0.29, 0.717) is 22.1 Å². The number of nitrogens with one attached hydrogen (secondary N) is 1. The Morgan fingerprint density at radius 1 is 1.15 bits per heavy atom. The number of esters is 1. The molecular weight excluding hydrogens is 354 g/mol. The highest BCUT2D eigenvalue weighted by Gasteiger charge is 2.16. The smallest absolute Gasteiger partial charge is 0.348 e. The standard InChI is InChI=1S/C19H23NO5S/c1-5-6-13-9-17(26-12(13)2)19(22)25-11-18(21)20-15-8-7-14(23-3)10-16(15)24-4/h7-10H,5-6,11H2,1-4H3,(H,20,21). The van der Waals surface area contributed by atoms with E-state index in [-0.39, 0.29) is 6.61 Å². The number of ether oxygens (including phenoxy) is 3. The Balaban J connectivity index is 1.94. The number of anilines is 1. The van der Waals surface area contributed by atoms with Crippen LogP contribution in [0.15, 0.2) is 24.3 Å². The zero-order valence-electron chi connectivity index (χ0n) is 15.4. The highest BCUT2D eigenvalue weighted by Crippen LogP contribution is 2.29. The van der Waals surface area contributed by atoms with Crippen molar-refractivity contribution < 1.29 is 23.8 Å². The molecule has 0 aliphatic carbocycles. The number of hydrogen-bond acceptors (Lipinski definition) is 6. The van der Waals surface area contributed by atoms with Crippen molar-refractivity contribution in [3.05, 3.63) is 39.6 Å². The summed E-state index contributed by atoms with van der Waals surface area (Å²) >= 11 is 1.39. The fourth-order valence-corrected chi connectivity index (χ4v) is 3.39. The first-order valence-corrected chi connectivity index (χ1v) is 9.08. The first kappa shape index (κ1) is 19.8. The molecule has 1 N–H and O–H groups in total. The highest BCUT2D eigenvalue weighted by atomic mass is 32.1. The van der Waals surface area contributed by atoms with Gasteiger partial charge in [0.15, 0.2) is 6.61 Å². The highest BCUT2D eigenvalue weighted by molar-refractivity contribution is 7.14. The van der Waals surface area contributed by atoms with Crippen molar-refractivity contribution in [1.82, 2.24) is 0 Å². The van der Waals surface area contributed by atoms with Gasteiger partial charge in [0.05, 0.1) is 19.9 Å². The Kier molecular flexibility index (Phi) is 7.03. The molecule has 0 aliphatic heterocycles. The number of methoxy groups -OCH3 is 2. The summed E-state index contributed by atoms with van der Waals surface area (Å²) in [6, 6.07) is 6.87. The molecule has 1 heterocycles. The second-order valence-electron chi connectivity index (χ2n) is 5.63. The van der Waals surface area contributed by atoms with Crippen LogP contribution in [0.2, 0.25) is 0 Å². The first-order valence-electron chi connectivity index (χ1n) is 8.26. The van der Waals surface area contributed by atoms with E-state index in [1.165, 1.54) is 18.4 Å². The molecule has 1 amide bonds. The molecule has 0 fully saturated rings. The van der Waals surface area contributed by atoms with Gasteiger partial charge < -0.3 is 19.5 Å². The fraction of sp³-hybridized carbons (Fsp3) is 0.368. The fourth-order valence-electron chi connectivity index (χ4n) is 2.43. The largest absolute Gasteiger partial charge is 0.497 e. The van der Waals surface area contributed by atoms with Crippen molar-refractivity contribution in [3.63, 3.8) is 0 Å². The van der Waals surface area contributed by atoms with Crippen LogP contribution in [0.4, 0.5) is 5.69 Å². The minimum Gasteiger partial charge on any atom is -0.497 e. The third-order valence-corrected chi connectivity index (χ3v) is 4.83. The zero-order chi connectivity index (χ0) is 19.1. The quantitative estimate of drug-likeness (QED) is 0.708. The zero-order valence-corrected chi connectivity index (χ0v) is 16.2. The third kappa shape index (κ3) is 4.98. The summed E-state index contributed by atoms with van der Waals surface area (Å²) in [6.07, 6.45) is 1.94. The van der Waals surface area contributed by atoms with Gasteiger partial charge in [0.2, 0.25) is 0 Å². The van der Waals surface area contributed by atoms with Gasteiger partial charge in [-0.05, 0) is 37.1 Å².